The molecule has 44 heavy (non-hydrogen) atoms. The van der Waals surface area contributed by atoms with Gasteiger partial charge in [0, 0.05) is 12.1 Å². The van der Waals surface area contributed by atoms with Gasteiger partial charge in [0.25, 0.3) is 11.8 Å². The first-order valence-corrected chi connectivity index (χ1v) is 15.9. The zero-order valence-corrected chi connectivity index (χ0v) is 25.8. The number of hydrazone groups is 1. The average Bonchev–Trinajstić information content (AvgIpc) is 3.84. The second-order valence-corrected chi connectivity index (χ2v) is 12.1. The highest BCUT2D eigenvalue weighted by molar-refractivity contribution is 7.99. The fraction of sp³-hybridized carbons (Fsp3) is 0.182. The van der Waals surface area contributed by atoms with E-state index in [0.29, 0.717) is 22.3 Å². The predicted molar refractivity (Wildman–Crippen MR) is 172 cm³/mol. The van der Waals surface area contributed by atoms with Gasteiger partial charge in [-0.05, 0) is 65.9 Å². The Bertz CT molecular complexity index is 1770. The Kier molecular flexibility index (Phi) is 8.85. The number of hydrogen-bond acceptors (Lipinski definition) is 8. The van der Waals surface area contributed by atoms with Crippen LogP contribution in [0.3, 0.4) is 0 Å². The van der Waals surface area contributed by atoms with Gasteiger partial charge in [-0.15, -0.1) is 21.5 Å². The van der Waals surface area contributed by atoms with Gasteiger partial charge in [0.2, 0.25) is 0 Å². The topological polar surface area (TPSA) is 102 Å². The van der Waals surface area contributed by atoms with E-state index in [9.17, 15) is 9.59 Å². The fourth-order valence-corrected chi connectivity index (χ4v) is 6.40. The van der Waals surface area contributed by atoms with E-state index in [4.69, 9.17) is 9.84 Å². The molecule has 1 atom stereocenters. The first-order chi connectivity index (χ1) is 21.5. The van der Waals surface area contributed by atoms with Crippen LogP contribution in [-0.4, -0.2) is 50.2 Å². The second kappa shape index (κ2) is 13.3. The average molecular weight is 623 g/mol. The molecular weight excluding hydrogens is 593 g/mol. The van der Waals surface area contributed by atoms with Crippen molar-refractivity contribution < 1.29 is 14.3 Å². The van der Waals surface area contributed by atoms with Crippen LogP contribution in [0.1, 0.15) is 44.6 Å². The molecule has 5 aromatic rings. The van der Waals surface area contributed by atoms with E-state index in [1.165, 1.54) is 23.1 Å². The van der Waals surface area contributed by atoms with Crippen molar-refractivity contribution in [1.29, 1.82) is 0 Å². The second-order valence-electron chi connectivity index (χ2n) is 10.2. The summed E-state index contributed by atoms with van der Waals surface area (Å²) in [5.74, 6) is 1.12. The predicted octanol–water partition coefficient (Wildman–Crippen LogP) is 6.05. The van der Waals surface area contributed by atoms with Gasteiger partial charge in [0.15, 0.2) is 11.0 Å². The Morgan fingerprint density at radius 2 is 1.75 bits per heavy atom. The molecule has 0 aliphatic carbocycles. The lowest BCUT2D eigenvalue weighted by molar-refractivity contribution is -0.130. The van der Waals surface area contributed by atoms with Gasteiger partial charge in [0.05, 0.1) is 36.0 Å². The number of para-hydroxylation sites is 1. The Morgan fingerprint density at radius 3 is 2.45 bits per heavy atom. The number of amides is 2. The molecule has 0 saturated carbocycles. The van der Waals surface area contributed by atoms with Crippen LogP contribution in [0.2, 0.25) is 0 Å². The molecule has 11 heteroatoms. The Labute approximate surface area is 263 Å². The van der Waals surface area contributed by atoms with Crippen molar-refractivity contribution in [2.45, 2.75) is 31.1 Å². The smallest absolute Gasteiger partial charge is 0.261 e. The summed E-state index contributed by atoms with van der Waals surface area (Å²) in [7, 11) is 1.64. The minimum absolute atomic E-state index is 0.105. The molecule has 1 N–H and O–H groups in total. The minimum Gasteiger partial charge on any atom is -0.497 e. The lowest BCUT2D eigenvalue weighted by atomic mass is 9.97. The molecule has 9 nitrogen and oxygen atoms in total. The lowest BCUT2D eigenvalue weighted by Crippen LogP contribution is -2.28. The molecule has 2 amide bonds. The normalized spacial score (nSPS) is 14.4. The van der Waals surface area contributed by atoms with Gasteiger partial charge < -0.3 is 10.1 Å². The van der Waals surface area contributed by atoms with Crippen LogP contribution in [-0.2, 0) is 11.3 Å². The molecular formula is C33H30N6O3S2. The van der Waals surface area contributed by atoms with Crippen LogP contribution in [0.5, 0.6) is 5.75 Å². The Balaban J connectivity index is 1.23. The molecule has 0 fully saturated rings. The Hall–Kier alpha value is -4.74. The largest absolute Gasteiger partial charge is 0.497 e. The monoisotopic (exact) mass is 622 g/mol. The molecule has 3 heterocycles. The van der Waals surface area contributed by atoms with Gasteiger partial charge in [-0.1, -0.05) is 65.9 Å². The fourth-order valence-electron chi connectivity index (χ4n) is 4.94. The third-order valence-electron chi connectivity index (χ3n) is 7.24. The van der Waals surface area contributed by atoms with Crippen molar-refractivity contribution in [1.82, 2.24) is 25.1 Å². The number of hydrogen-bond donors (Lipinski definition) is 1. The summed E-state index contributed by atoms with van der Waals surface area (Å²) in [6, 6.07) is 29.0. The van der Waals surface area contributed by atoms with Crippen LogP contribution < -0.4 is 10.1 Å². The number of rotatable bonds is 10. The molecule has 6 rings (SSSR count). The number of benzene rings is 3. The zero-order chi connectivity index (χ0) is 30.5. The van der Waals surface area contributed by atoms with Crippen molar-refractivity contribution in [3.8, 4) is 11.4 Å². The number of thioether (sulfide) groups is 1. The number of thiophene rings is 1. The third-order valence-corrected chi connectivity index (χ3v) is 9.03. The molecule has 0 bridgehead atoms. The van der Waals surface area contributed by atoms with Crippen molar-refractivity contribution in [2.24, 2.45) is 5.10 Å². The number of carbonyl (C=O) groups is 2. The van der Waals surface area contributed by atoms with Gasteiger partial charge in [-0.25, -0.2) is 5.01 Å². The summed E-state index contributed by atoms with van der Waals surface area (Å²) in [6.07, 6.45) is 0.597. The number of carbonyl (C=O) groups excluding carboxylic acids is 2. The number of ether oxygens (including phenoxy) is 1. The quantitative estimate of drug-likeness (QED) is 0.191. The SMILES string of the molecule is COc1ccc(C2=NN(C(=O)CSc3nnc(CNC(=O)c4cccs4)n3-c3ccccc3)C(c3ccc(C)cc3)C2)cc1. The molecule has 0 radical (unpaired) electrons. The minimum atomic E-state index is -0.226. The van der Waals surface area contributed by atoms with Crippen molar-refractivity contribution in [3.63, 3.8) is 0 Å². The van der Waals surface area contributed by atoms with Crippen LogP contribution in [0.25, 0.3) is 5.69 Å². The third kappa shape index (κ3) is 6.43. The number of aryl methyl sites for hydroxylation is 1. The van der Waals surface area contributed by atoms with E-state index < -0.39 is 0 Å². The van der Waals surface area contributed by atoms with Gasteiger partial charge >= 0.3 is 0 Å². The van der Waals surface area contributed by atoms with E-state index >= 15 is 0 Å². The van der Waals surface area contributed by atoms with Crippen LogP contribution >= 0.6 is 23.1 Å². The van der Waals surface area contributed by atoms with E-state index in [1.807, 2.05) is 77.5 Å². The number of aromatic nitrogens is 3. The number of methoxy groups -OCH3 is 1. The summed E-state index contributed by atoms with van der Waals surface area (Å²) in [4.78, 5) is 27.0. The summed E-state index contributed by atoms with van der Waals surface area (Å²) < 4.78 is 7.19. The maximum atomic E-state index is 13.8. The summed E-state index contributed by atoms with van der Waals surface area (Å²) in [5, 5.41) is 20.5. The van der Waals surface area contributed by atoms with E-state index in [1.54, 1.807) is 18.2 Å². The zero-order valence-electron chi connectivity index (χ0n) is 24.2. The first kappa shape index (κ1) is 29.3. The molecule has 222 valence electrons. The van der Waals surface area contributed by atoms with Crippen molar-refractivity contribution in [2.75, 3.05) is 12.9 Å². The molecule has 0 spiro atoms. The van der Waals surface area contributed by atoms with Gasteiger partial charge in [-0.3, -0.25) is 14.2 Å². The van der Waals surface area contributed by atoms with E-state index in [-0.39, 0.29) is 30.2 Å². The standard InChI is InChI=1S/C33H30N6O3S2/c1-22-10-12-24(13-11-22)28-19-27(23-14-16-26(42-2)17-15-23)37-39(28)31(40)21-44-33-36-35-30(38(33)25-7-4-3-5-8-25)20-34-32(41)29-9-6-18-43-29/h3-18,28H,19-21H2,1-2H3,(H,34,41). The first-order valence-electron chi connectivity index (χ1n) is 14.0. The highest BCUT2D eigenvalue weighted by atomic mass is 32.2. The highest BCUT2D eigenvalue weighted by Gasteiger charge is 2.33. The van der Waals surface area contributed by atoms with Crippen molar-refractivity contribution in [3.05, 3.63) is 124 Å². The summed E-state index contributed by atoms with van der Waals surface area (Å²) >= 11 is 2.67. The van der Waals surface area contributed by atoms with Gasteiger partial charge in [-0.2, -0.15) is 5.10 Å². The molecule has 1 aliphatic rings. The Morgan fingerprint density at radius 1 is 0.977 bits per heavy atom. The van der Waals surface area contributed by atoms with Crippen LogP contribution in [0, 0.1) is 6.92 Å². The number of nitrogens with one attached hydrogen (secondary N) is 1. The van der Waals surface area contributed by atoms with E-state index in [0.717, 1.165) is 33.8 Å². The summed E-state index contributed by atoms with van der Waals surface area (Å²) in [6.45, 7) is 2.23. The summed E-state index contributed by atoms with van der Waals surface area (Å²) in [5.41, 5.74) is 4.81. The molecule has 2 aromatic heterocycles. The molecule has 1 aliphatic heterocycles. The highest BCUT2D eigenvalue weighted by Crippen LogP contribution is 2.34. The lowest BCUT2D eigenvalue weighted by Gasteiger charge is -2.22. The van der Waals surface area contributed by atoms with E-state index in [2.05, 4.69) is 39.8 Å². The van der Waals surface area contributed by atoms with Crippen molar-refractivity contribution >= 4 is 40.6 Å². The number of nitrogens with zero attached hydrogens (tertiary/aromatic N) is 5. The van der Waals surface area contributed by atoms with Crippen LogP contribution in [0.4, 0.5) is 0 Å². The molecule has 0 saturated heterocycles. The van der Waals surface area contributed by atoms with Crippen LogP contribution in [0.15, 0.2) is 107 Å². The van der Waals surface area contributed by atoms with Gasteiger partial charge in [0.1, 0.15) is 5.75 Å². The maximum absolute atomic E-state index is 13.8. The molecule has 1 unspecified atom stereocenters. The molecule has 3 aromatic carbocycles. The maximum Gasteiger partial charge on any atom is 0.261 e.